The van der Waals surface area contributed by atoms with Gasteiger partial charge in [-0.15, -0.1) is 0 Å². The summed E-state index contributed by atoms with van der Waals surface area (Å²) in [6, 6.07) is 0.265. The number of ether oxygens (including phenoxy) is 1. The van der Waals surface area contributed by atoms with Crippen LogP contribution < -0.4 is 26.9 Å². The van der Waals surface area contributed by atoms with Gasteiger partial charge in [-0.1, -0.05) is 0 Å². The average Bonchev–Trinajstić information content (AvgIpc) is 2.82. The fourth-order valence-electron chi connectivity index (χ4n) is 2.83. The molecule has 0 spiro atoms. The van der Waals surface area contributed by atoms with E-state index < -0.39 is 33.6 Å². The molecule has 3 atom stereocenters. The van der Waals surface area contributed by atoms with Crippen molar-refractivity contribution < 1.29 is 39.0 Å². The normalized spacial score (nSPS) is 29.0. The van der Waals surface area contributed by atoms with E-state index >= 15 is 0 Å². The van der Waals surface area contributed by atoms with Crippen molar-refractivity contribution >= 4 is 11.9 Å². The Morgan fingerprint density at radius 3 is 2.62 bits per heavy atom. The molecule has 1 fully saturated rings. The summed E-state index contributed by atoms with van der Waals surface area (Å²) in [6.07, 6.45) is 6.84. The standard InChI is InChI=1S/C18H27INO4/c1-11(18(2,3)4)8-12-6-7-15(14(9-12)20-5)24-19-13-10-16(21)23-17(13)22/h8,10,12,14-15,20H,6-7,9H2,1-5H3/q-1/b11-8+/t12?,14-,15?/m1/s1. The number of hydrogen-bond acceptors (Lipinski definition) is 5. The van der Waals surface area contributed by atoms with E-state index in [4.69, 9.17) is 3.07 Å². The van der Waals surface area contributed by atoms with Crippen LogP contribution >= 0.6 is 0 Å². The second-order valence-electron chi connectivity index (χ2n) is 7.47. The third kappa shape index (κ3) is 5.13. The molecule has 2 unspecified atom stereocenters. The van der Waals surface area contributed by atoms with Gasteiger partial charge in [0.1, 0.15) is 0 Å². The minimum absolute atomic E-state index is 0.0896. The van der Waals surface area contributed by atoms with Crippen molar-refractivity contribution in [1.29, 1.82) is 0 Å². The van der Waals surface area contributed by atoms with Crippen LogP contribution in [0.15, 0.2) is 21.3 Å². The van der Waals surface area contributed by atoms with Gasteiger partial charge >= 0.3 is 155 Å². The number of likely N-dealkylation sites (N-methyl/N-ethyl adjacent to an activating group) is 1. The number of nitrogens with one attached hydrogen (secondary N) is 1. The van der Waals surface area contributed by atoms with Gasteiger partial charge in [0.05, 0.1) is 0 Å². The minimum atomic E-state index is -0.945. The van der Waals surface area contributed by atoms with E-state index in [0.29, 0.717) is 9.50 Å². The van der Waals surface area contributed by atoms with Gasteiger partial charge < -0.3 is 0 Å². The van der Waals surface area contributed by atoms with Crippen LogP contribution in [0.2, 0.25) is 0 Å². The van der Waals surface area contributed by atoms with E-state index in [1.54, 1.807) is 0 Å². The summed E-state index contributed by atoms with van der Waals surface area (Å²) in [5.74, 6) is -0.557. The first kappa shape index (κ1) is 19.6. The molecule has 24 heavy (non-hydrogen) atoms. The van der Waals surface area contributed by atoms with Gasteiger partial charge in [0.15, 0.2) is 0 Å². The number of allylic oxidation sites excluding steroid dienone is 2. The predicted octanol–water partition coefficient (Wildman–Crippen LogP) is -0.277. The first-order chi connectivity index (χ1) is 11.2. The molecule has 1 aliphatic heterocycles. The zero-order chi connectivity index (χ0) is 17.9. The van der Waals surface area contributed by atoms with Gasteiger partial charge in [0.2, 0.25) is 0 Å². The maximum atomic E-state index is 11.5. The Morgan fingerprint density at radius 2 is 2.08 bits per heavy atom. The Balaban J connectivity index is 1.92. The molecule has 0 bridgehead atoms. The number of hydrogen-bond donors (Lipinski definition) is 1. The number of esters is 2. The quantitative estimate of drug-likeness (QED) is 0.272. The van der Waals surface area contributed by atoms with Crippen LogP contribution in [-0.4, -0.2) is 31.1 Å². The summed E-state index contributed by atoms with van der Waals surface area (Å²) in [7, 11) is 1.95. The van der Waals surface area contributed by atoms with Crippen LogP contribution in [0.5, 0.6) is 0 Å². The van der Waals surface area contributed by atoms with Gasteiger partial charge in [0, 0.05) is 0 Å². The van der Waals surface area contributed by atoms with E-state index in [-0.39, 0.29) is 17.6 Å². The van der Waals surface area contributed by atoms with Gasteiger partial charge in [0.25, 0.3) is 0 Å². The summed E-state index contributed by atoms with van der Waals surface area (Å²) in [5.41, 5.74) is 1.63. The monoisotopic (exact) mass is 448 g/mol. The molecule has 6 heteroatoms. The van der Waals surface area contributed by atoms with E-state index in [1.807, 2.05) is 7.05 Å². The molecule has 1 heterocycles. The first-order valence-corrected chi connectivity index (χ1v) is 10.3. The molecule has 0 amide bonds. The molecular weight excluding hydrogens is 421 g/mol. The number of carbonyl (C=O) groups excluding carboxylic acids is 2. The molecule has 0 saturated heterocycles. The van der Waals surface area contributed by atoms with Crippen LogP contribution in [0.1, 0.15) is 47.0 Å². The van der Waals surface area contributed by atoms with Gasteiger partial charge in [-0.25, -0.2) is 0 Å². The van der Waals surface area contributed by atoms with Crippen molar-refractivity contribution in [3.05, 3.63) is 21.3 Å². The maximum absolute atomic E-state index is 11.5. The van der Waals surface area contributed by atoms with Crippen LogP contribution in [-0.2, 0) is 17.4 Å². The fourth-order valence-corrected chi connectivity index (χ4v) is 4.71. The van der Waals surface area contributed by atoms with Gasteiger partial charge in [-0.2, -0.15) is 0 Å². The van der Waals surface area contributed by atoms with Crippen LogP contribution in [0.3, 0.4) is 0 Å². The summed E-state index contributed by atoms with van der Waals surface area (Å²) < 4.78 is 10.9. The molecule has 1 N–H and O–H groups in total. The molecule has 0 aromatic rings. The van der Waals surface area contributed by atoms with Crippen molar-refractivity contribution in [3.63, 3.8) is 0 Å². The molecule has 2 rings (SSSR count). The summed E-state index contributed by atoms with van der Waals surface area (Å²) >= 11 is -0.945. The van der Waals surface area contributed by atoms with Crippen molar-refractivity contribution in [3.8, 4) is 0 Å². The average molecular weight is 448 g/mol. The molecule has 2 aliphatic rings. The molecular formula is C18H27INO4-. The Bertz CT molecular complexity index is 562. The van der Waals surface area contributed by atoms with E-state index in [1.165, 1.54) is 11.6 Å². The number of rotatable bonds is 5. The Kier molecular flexibility index (Phi) is 6.61. The predicted molar refractivity (Wildman–Crippen MR) is 87.5 cm³/mol. The second kappa shape index (κ2) is 8.10. The van der Waals surface area contributed by atoms with Crippen molar-refractivity contribution in [2.24, 2.45) is 11.3 Å². The van der Waals surface area contributed by atoms with Crippen molar-refractivity contribution in [2.75, 3.05) is 7.05 Å². The van der Waals surface area contributed by atoms with E-state index in [2.05, 4.69) is 43.8 Å². The second-order valence-corrected chi connectivity index (χ2v) is 9.58. The number of halogens is 1. The van der Waals surface area contributed by atoms with Crippen LogP contribution in [0, 0.1) is 11.3 Å². The Morgan fingerprint density at radius 1 is 1.38 bits per heavy atom. The molecule has 0 radical (unpaired) electrons. The molecule has 0 aromatic carbocycles. The number of cyclic esters (lactones) is 2. The molecule has 1 saturated carbocycles. The van der Waals surface area contributed by atoms with Crippen molar-refractivity contribution in [1.82, 2.24) is 5.32 Å². The molecule has 0 aromatic heterocycles. The number of carbonyl (C=O) groups is 2. The van der Waals surface area contributed by atoms with E-state index in [0.717, 1.165) is 19.3 Å². The van der Waals surface area contributed by atoms with Crippen LogP contribution in [0.4, 0.5) is 0 Å². The Hall–Kier alpha value is -0.730. The molecule has 136 valence electrons. The van der Waals surface area contributed by atoms with Gasteiger partial charge in [-0.3, -0.25) is 0 Å². The summed E-state index contributed by atoms with van der Waals surface area (Å²) in [5, 5.41) is 3.35. The van der Waals surface area contributed by atoms with Crippen LogP contribution in [0.25, 0.3) is 0 Å². The molecule has 1 aliphatic carbocycles. The SMILES string of the molecule is CN[C@@H]1CC(/C=C(\C)C(C)(C)C)CCC1O[I-]C1=CC(=O)OC1=O. The topological polar surface area (TPSA) is 64.6 Å². The molecule has 5 nitrogen and oxygen atoms in total. The Labute approximate surface area is 155 Å². The fraction of sp³-hybridized carbons (Fsp3) is 0.667. The summed E-state index contributed by atoms with van der Waals surface area (Å²) in [4.78, 5) is 22.6. The first-order valence-electron chi connectivity index (χ1n) is 8.35. The zero-order valence-electron chi connectivity index (χ0n) is 15.0. The zero-order valence-corrected chi connectivity index (χ0v) is 17.2. The van der Waals surface area contributed by atoms with Crippen molar-refractivity contribution in [2.45, 2.75) is 59.1 Å². The van der Waals surface area contributed by atoms with Gasteiger partial charge in [-0.05, 0) is 0 Å². The third-order valence-electron chi connectivity index (χ3n) is 4.74. The third-order valence-corrected chi connectivity index (χ3v) is 6.88. The van der Waals surface area contributed by atoms with E-state index in [9.17, 15) is 9.59 Å². The summed E-state index contributed by atoms with van der Waals surface area (Å²) in [6.45, 7) is 8.92.